The van der Waals surface area contributed by atoms with Crippen LogP contribution < -0.4 is 0 Å². The van der Waals surface area contributed by atoms with Gasteiger partial charge >= 0.3 is 0 Å². The molecule has 3 N–H and O–H groups in total. The molecule has 0 unspecified atom stereocenters. The molecule has 0 aliphatic rings. The number of carbonyl (C=O) groups is 1. The molecule has 7 heteroatoms. The van der Waals surface area contributed by atoms with Gasteiger partial charge in [-0.05, 0) is 47.5 Å². The summed E-state index contributed by atoms with van der Waals surface area (Å²) in [6.07, 6.45) is 0. The van der Waals surface area contributed by atoms with Gasteiger partial charge in [-0.1, -0.05) is 40.2 Å². The summed E-state index contributed by atoms with van der Waals surface area (Å²) in [7, 11) is 0. The maximum atomic E-state index is 12.5. The molecule has 0 fully saturated rings. The van der Waals surface area contributed by atoms with Crippen LogP contribution in [-0.4, -0.2) is 21.1 Å². The standard InChI is InChI=1S/C20H14BrN3O3/c1-10-6-13-16(9-15(10)21)22-20(27)18(13)23-24-19(26)14-7-11-4-2-3-5-12(11)8-17(14)25/h2-9,22,25,27H,1H3. The molecule has 0 spiro atoms. The minimum absolute atomic E-state index is 0.0516. The zero-order valence-electron chi connectivity index (χ0n) is 14.2. The molecule has 0 saturated carbocycles. The van der Waals surface area contributed by atoms with Crippen molar-refractivity contribution in [2.45, 2.75) is 6.92 Å². The number of aromatic hydroxyl groups is 2. The Kier molecular flexibility index (Phi) is 4.16. The Labute approximate surface area is 162 Å². The van der Waals surface area contributed by atoms with Crippen molar-refractivity contribution in [3.8, 4) is 11.6 Å². The Bertz CT molecular complexity index is 1240. The zero-order chi connectivity index (χ0) is 19.1. The third-order valence-corrected chi connectivity index (χ3v) is 5.22. The van der Waals surface area contributed by atoms with Crippen molar-refractivity contribution >= 4 is 49.2 Å². The minimum atomic E-state index is -0.694. The first-order valence-electron chi connectivity index (χ1n) is 8.12. The van der Waals surface area contributed by atoms with Gasteiger partial charge in [0.05, 0.1) is 11.1 Å². The number of hydrogen-bond acceptors (Lipinski definition) is 4. The Morgan fingerprint density at radius 3 is 2.52 bits per heavy atom. The quantitative estimate of drug-likeness (QED) is 0.359. The number of H-pyrrole nitrogens is 1. The second-order valence-corrected chi connectivity index (χ2v) is 7.05. The number of fused-ring (bicyclic) bond motifs is 2. The van der Waals surface area contributed by atoms with E-state index in [0.29, 0.717) is 10.9 Å². The highest BCUT2D eigenvalue weighted by Gasteiger charge is 2.15. The normalized spacial score (nSPS) is 11.6. The maximum Gasteiger partial charge on any atom is 0.299 e. The van der Waals surface area contributed by atoms with Crippen molar-refractivity contribution in [2.24, 2.45) is 10.2 Å². The van der Waals surface area contributed by atoms with E-state index in [-0.39, 0.29) is 22.9 Å². The van der Waals surface area contributed by atoms with Gasteiger partial charge in [0.15, 0.2) is 5.69 Å². The van der Waals surface area contributed by atoms with Crippen LogP contribution in [0.25, 0.3) is 21.7 Å². The number of phenolic OH excluding ortho intramolecular Hbond substituents is 1. The number of aryl methyl sites for hydroxylation is 1. The van der Waals surface area contributed by atoms with Gasteiger partial charge in [0.1, 0.15) is 5.75 Å². The van der Waals surface area contributed by atoms with E-state index in [1.807, 2.05) is 43.3 Å². The monoisotopic (exact) mass is 423 g/mol. The zero-order valence-corrected chi connectivity index (χ0v) is 15.8. The summed E-state index contributed by atoms with van der Waals surface area (Å²) in [6.45, 7) is 1.91. The summed E-state index contributed by atoms with van der Waals surface area (Å²) in [5.74, 6) is -1.04. The van der Waals surface area contributed by atoms with Crippen molar-refractivity contribution in [3.05, 3.63) is 64.1 Å². The lowest BCUT2D eigenvalue weighted by Gasteiger charge is -2.03. The fraction of sp³-hybridized carbons (Fsp3) is 0.0500. The Morgan fingerprint density at radius 2 is 1.78 bits per heavy atom. The second-order valence-electron chi connectivity index (χ2n) is 6.19. The number of carbonyl (C=O) groups excluding carboxylic acids is 1. The average molecular weight is 424 g/mol. The average Bonchev–Trinajstić information content (AvgIpc) is 2.93. The highest BCUT2D eigenvalue weighted by atomic mass is 79.9. The fourth-order valence-corrected chi connectivity index (χ4v) is 3.29. The summed E-state index contributed by atoms with van der Waals surface area (Å²) < 4.78 is 0.886. The highest BCUT2D eigenvalue weighted by molar-refractivity contribution is 9.10. The van der Waals surface area contributed by atoms with Crippen LogP contribution in [0.3, 0.4) is 0 Å². The van der Waals surface area contributed by atoms with Crippen molar-refractivity contribution in [1.82, 2.24) is 4.98 Å². The van der Waals surface area contributed by atoms with Gasteiger partial charge in [0, 0.05) is 9.86 Å². The largest absolute Gasteiger partial charge is 0.507 e. The Balaban J connectivity index is 1.74. The van der Waals surface area contributed by atoms with Gasteiger partial charge in [-0.2, -0.15) is 0 Å². The van der Waals surface area contributed by atoms with Gasteiger partial charge in [-0.25, -0.2) is 0 Å². The van der Waals surface area contributed by atoms with Crippen molar-refractivity contribution in [3.63, 3.8) is 0 Å². The van der Waals surface area contributed by atoms with Crippen molar-refractivity contribution in [1.29, 1.82) is 0 Å². The lowest BCUT2D eigenvalue weighted by molar-refractivity contribution is 0.0992. The molecule has 0 aliphatic heterocycles. The van der Waals surface area contributed by atoms with Crippen LogP contribution in [0.1, 0.15) is 15.9 Å². The van der Waals surface area contributed by atoms with Crippen LogP contribution in [-0.2, 0) is 0 Å². The van der Waals surface area contributed by atoms with Crippen LogP contribution in [0.15, 0.2) is 63.2 Å². The molecule has 0 bridgehead atoms. The molecule has 1 amide bonds. The van der Waals surface area contributed by atoms with Crippen molar-refractivity contribution < 1.29 is 15.0 Å². The number of rotatable bonds is 2. The topological polar surface area (TPSA) is 98.0 Å². The molecule has 0 radical (unpaired) electrons. The number of hydrogen-bond donors (Lipinski definition) is 3. The lowest BCUT2D eigenvalue weighted by Crippen LogP contribution is -1.94. The van der Waals surface area contributed by atoms with E-state index in [4.69, 9.17) is 0 Å². The Hall–Kier alpha value is -3.19. The Morgan fingerprint density at radius 1 is 1.07 bits per heavy atom. The number of nitrogens with one attached hydrogen (secondary N) is 1. The molecule has 27 heavy (non-hydrogen) atoms. The van der Waals surface area contributed by atoms with E-state index >= 15 is 0 Å². The first kappa shape index (κ1) is 17.2. The molecular formula is C20H14BrN3O3. The van der Waals surface area contributed by atoms with E-state index in [0.717, 1.165) is 20.8 Å². The summed E-state index contributed by atoms with van der Waals surface area (Å²) in [6, 6.07) is 14.1. The number of aromatic nitrogens is 1. The van der Waals surface area contributed by atoms with Crippen LogP contribution >= 0.6 is 15.9 Å². The summed E-state index contributed by atoms with van der Waals surface area (Å²) in [4.78, 5) is 15.3. The number of aromatic amines is 1. The van der Waals surface area contributed by atoms with Crippen LogP contribution in [0.5, 0.6) is 11.6 Å². The molecular weight excluding hydrogens is 410 g/mol. The third-order valence-electron chi connectivity index (χ3n) is 4.37. The van der Waals surface area contributed by atoms with Crippen LogP contribution in [0.2, 0.25) is 0 Å². The lowest BCUT2D eigenvalue weighted by atomic mass is 10.1. The van der Waals surface area contributed by atoms with E-state index < -0.39 is 5.91 Å². The molecule has 4 rings (SSSR count). The molecule has 0 saturated heterocycles. The van der Waals surface area contributed by atoms with Gasteiger partial charge in [0.2, 0.25) is 5.88 Å². The minimum Gasteiger partial charge on any atom is -0.507 e. The summed E-state index contributed by atoms with van der Waals surface area (Å²) in [5, 5.41) is 30.2. The van der Waals surface area contributed by atoms with Gasteiger partial charge in [-0.3, -0.25) is 4.79 Å². The molecule has 0 atom stereocenters. The van der Waals surface area contributed by atoms with Gasteiger partial charge in [-0.15, -0.1) is 10.2 Å². The van der Waals surface area contributed by atoms with E-state index in [1.54, 1.807) is 6.07 Å². The SMILES string of the molecule is Cc1cc2c(N=NC(=O)c3cc4ccccc4cc3O)c(O)[nH]c2cc1Br. The smallest absolute Gasteiger partial charge is 0.299 e. The van der Waals surface area contributed by atoms with Crippen LogP contribution in [0, 0.1) is 6.92 Å². The predicted molar refractivity (Wildman–Crippen MR) is 107 cm³/mol. The van der Waals surface area contributed by atoms with E-state index in [2.05, 4.69) is 31.1 Å². The number of azo groups is 1. The molecule has 1 aromatic heterocycles. The maximum absolute atomic E-state index is 12.5. The first-order valence-corrected chi connectivity index (χ1v) is 8.92. The second kappa shape index (κ2) is 6.51. The molecule has 1 heterocycles. The van der Waals surface area contributed by atoms with Crippen LogP contribution in [0.4, 0.5) is 5.69 Å². The van der Waals surface area contributed by atoms with E-state index in [1.165, 1.54) is 6.07 Å². The number of amides is 1. The molecule has 0 aliphatic carbocycles. The molecule has 4 aromatic rings. The summed E-state index contributed by atoms with van der Waals surface area (Å²) >= 11 is 3.43. The third kappa shape index (κ3) is 3.06. The molecule has 134 valence electrons. The predicted octanol–water partition coefficient (Wildman–Crippen LogP) is 5.73. The fourth-order valence-electron chi connectivity index (χ4n) is 2.95. The number of halogens is 1. The molecule has 6 nitrogen and oxygen atoms in total. The van der Waals surface area contributed by atoms with Gasteiger partial charge < -0.3 is 15.2 Å². The summed E-state index contributed by atoms with van der Waals surface area (Å²) in [5.41, 5.74) is 1.85. The first-order chi connectivity index (χ1) is 12.9. The number of nitrogens with zero attached hydrogens (tertiary/aromatic N) is 2. The molecule has 3 aromatic carbocycles. The highest BCUT2D eigenvalue weighted by Crippen LogP contribution is 2.38. The van der Waals surface area contributed by atoms with Crippen molar-refractivity contribution in [2.75, 3.05) is 0 Å². The number of phenols is 1. The number of benzene rings is 3. The van der Waals surface area contributed by atoms with Gasteiger partial charge in [0.25, 0.3) is 5.91 Å². The van der Waals surface area contributed by atoms with E-state index in [9.17, 15) is 15.0 Å².